The number of nitrogens with zero attached hydrogens (tertiary/aromatic N) is 1. The summed E-state index contributed by atoms with van der Waals surface area (Å²) < 4.78 is 29.4. The van der Waals surface area contributed by atoms with Gasteiger partial charge in [0.25, 0.3) is 0 Å². The molecule has 0 aromatic heterocycles. The normalized spacial score (nSPS) is 25.1. The molecule has 1 aliphatic heterocycles. The summed E-state index contributed by atoms with van der Waals surface area (Å²) >= 11 is 0. The first-order chi connectivity index (χ1) is 6.47. The van der Waals surface area contributed by atoms with Crippen molar-refractivity contribution in [3.63, 3.8) is 0 Å². The van der Waals surface area contributed by atoms with E-state index in [-0.39, 0.29) is 0 Å². The second kappa shape index (κ2) is 5.34. The molecule has 4 nitrogen and oxygen atoms in total. The second-order valence-electron chi connectivity index (χ2n) is 3.80. The first-order valence-corrected chi connectivity index (χ1v) is 7.76. The highest BCUT2D eigenvalue weighted by Gasteiger charge is 2.16. The SMILES string of the molecule is CC1CCCN(CCSS(=O)(=O)O)C1. The van der Waals surface area contributed by atoms with Gasteiger partial charge in [0.2, 0.25) is 0 Å². The molecule has 0 aliphatic carbocycles. The molecule has 14 heavy (non-hydrogen) atoms. The van der Waals surface area contributed by atoms with Gasteiger partial charge in [-0.25, -0.2) is 0 Å². The van der Waals surface area contributed by atoms with Gasteiger partial charge in [-0.15, -0.1) is 0 Å². The summed E-state index contributed by atoms with van der Waals surface area (Å²) in [5.74, 6) is 1.16. The van der Waals surface area contributed by atoms with Crippen LogP contribution in [0.2, 0.25) is 0 Å². The molecule has 1 heterocycles. The molecule has 1 saturated heterocycles. The fraction of sp³-hybridized carbons (Fsp3) is 1.00. The molecule has 84 valence electrons. The van der Waals surface area contributed by atoms with E-state index in [1.54, 1.807) is 0 Å². The summed E-state index contributed by atoms with van der Waals surface area (Å²) in [6.45, 7) is 5.05. The van der Waals surface area contributed by atoms with Gasteiger partial charge in [-0.3, -0.25) is 4.55 Å². The predicted octanol–water partition coefficient (Wildman–Crippen LogP) is 1.25. The molecule has 1 fully saturated rings. The van der Waals surface area contributed by atoms with Crippen LogP contribution in [0.4, 0.5) is 0 Å². The van der Waals surface area contributed by atoms with Crippen molar-refractivity contribution < 1.29 is 13.0 Å². The standard InChI is InChI=1S/C8H17NO3S2/c1-8-3-2-4-9(7-8)5-6-13-14(10,11)12/h8H,2-7H2,1H3,(H,10,11,12). The predicted molar refractivity (Wildman–Crippen MR) is 58.8 cm³/mol. The molecule has 1 rings (SSSR count). The number of piperidine rings is 1. The Hall–Kier alpha value is 0.220. The summed E-state index contributed by atoms with van der Waals surface area (Å²) in [6, 6.07) is 0. The maximum atomic E-state index is 10.4. The zero-order valence-electron chi connectivity index (χ0n) is 8.35. The molecule has 0 aromatic rings. The highest BCUT2D eigenvalue weighted by atomic mass is 33.1. The summed E-state index contributed by atoms with van der Waals surface area (Å²) in [4.78, 5) is 2.26. The van der Waals surface area contributed by atoms with Gasteiger partial charge >= 0.3 is 9.15 Å². The highest BCUT2D eigenvalue weighted by Crippen LogP contribution is 2.16. The van der Waals surface area contributed by atoms with Gasteiger partial charge in [0.15, 0.2) is 0 Å². The zero-order chi connectivity index (χ0) is 10.6. The van der Waals surface area contributed by atoms with Crippen LogP contribution >= 0.6 is 10.8 Å². The van der Waals surface area contributed by atoms with Crippen LogP contribution < -0.4 is 0 Å². The topological polar surface area (TPSA) is 57.6 Å². The molecule has 0 spiro atoms. The van der Waals surface area contributed by atoms with Crippen molar-refractivity contribution in [2.75, 3.05) is 25.4 Å². The molecule has 1 aliphatic rings. The van der Waals surface area contributed by atoms with Gasteiger partial charge in [-0.2, -0.15) is 8.42 Å². The minimum atomic E-state index is -3.85. The van der Waals surface area contributed by atoms with Gasteiger partial charge in [0, 0.05) is 18.8 Å². The third kappa shape index (κ3) is 5.19. The van der Waals surface area contributed by atoms with Crippen molar-refractivity contribution >= 4 is 19.9 Å². The van der Waals surface area contributed by atoms with Gasteiger partial charge in [0.05, 0.1) is 0 Å². The van der Waals surface area contributed by atoms with Gasteiger partial charge < -0.3 is 4.90 Å². The molecule has 0 saturated carbocycles. The average Bonchev–Trinajstić information content (AvgIpc) is 2.01. The number of likely N-dealkylation sites (tertiary alicyclic amines) is 1. The Bertz CT molecular complexity index is 266. The summed E-state index contributed by atoms with van der Waals surface area (Å²) in [7, 11) is -3.23. The summed E-state index contributed by atoms with van der Waals surface area (Å²) in [5, 5.41) is 0. The Kier molecular flexibility index (Phi) is 4.69. The lowest BCUT2D eigenvalue weighted by molar-refractivity contribution is 0.194. The second-order valence-corrected chi connectivity index (χ2v) is 7.27. The van der Waals surface area contributed by atoms with Crippen molar-refractivity contribution in [1.29, 1.82) is 0 Å². The molecule has 6 heteroatoms. The van der Waals surface area contributed by atoms with Crippen LogP contribution in [0.5, 0.6) is 0 Å². The molecule has 1 N–H and O–H groups in total. The third-order valence-electron chi connectivity index (χ3n) is 2.38. The molecule has 1 atom stereocenters. The summed E-state index contributed by atoms with van der Waals surface area (Å²) in [6.07, 6.45) is 2.46. The highest BCUT2D eigenvalue weighted by molar-refractivity contribution is 8.69. The Balaban J connectivity index is 2.18. The minimum Gasteiger partial charge on any atom is -0.302 e. The van der Waals surface area contributed by atoms with E-state index >= 15 is 0 Å². The van der Waals surface area contributed by atoms with E-state index in [0.29, 0.717) is 22.5 Å². The number of hydrogen-bond donors (Lipinski definition) is 1. The third-order valence-corrected chi connectivity index (χ3v) is 4.42. The maximum absolute atomic E-state index is 10.4. The van der Waals surface area contributed by atoms with Crippen LogP contribution in [0.15, 0.2) is 0 Å². The smallest absolute Gasteiger partial charge is 0.302 e. The van der Waals surface area contributed by atoms with Crippen LogP contribution in [-0.2, 0) is 9.15 Å². The van der Waals surface area contributed by atoms with Gasteiger partial charge in [0.1, 0.15) is 0 Å². The van der Waals surface area contributed by atoms with Gasteiger partial charge in [-0.05, 0) is 36.1 Å². The largest absolute Gasteiger partial charge is 0.319 e. The molecular weight excluding hydrogens is 222 g/mol. The molecule has 0 bridgehead atoms. The van der Waals surface area contributed by atoms with Crippen molar-refractivity contribution in [3.8, 4) is 0 Å². The van der Waals surface area contributed by atoms with Crippen LogP contribution in [0, 0.1) is 5.92 Å². The van der Waals surface area contributed by atoms with Crippen LogP contribution in [0.25, 0.3) is 0 Å². The fourth-order valence-electron chi connectivity index (χ4n) is 1.76. The zero-order valence-corrected chi connectivity index (χ0v) is 9.98. The first-order valence-electron chi connectivity index (χ1n) is 4.81. The van der Waals surface area contributed by atoms with E-state index in [1.165, 1.54) is 12.8 Å². The van der Waals surface area contributed by atoms with E-state index in [1.807, 2.05) is 0 Å². The van der Waals surface area contributed by atoms with E-state index < -0.39 is 9.15 Å². The lowest BCUT2D eigenvalue weighted by Gasteiger charge is -2.30. The summed E-state index contributed by atoms with van der Waals surface area (Å²) in [5.41, 5.74) is 0. The monoisotopic (exact) mass is 239 g/mol. The van der Waals surface area contributed by atoms with Crippen LogP contribution in [0.1, 0.15) is 19.8 Å². The van der Waals surface area contributed by atoms with Crippen LogP contribution in [-0.4, -0.2) is 43.3 Å². The van der Waals surface area contributed by atoms with E-state index in [9.17, 15) is 8.42 Å². The van der Waals surface area contributed by atoms with Gasteiger partial charge in [-0.1, -0.05) is 6.92 Å². The average molecular weight is 239 g/mol. The Labute approximate surface area is 89.2 Å². The van der Waals surface area contributed by atoms with Crippen molar-refractivity contribution in [1.82, 2.24) is 4.90 Å². The molecule has 0 aromatic carbocycles. The van der Waals surface area contributed by atoms with E-state index in [2.05, 4.69) is 11.8 Å². The Morgan fingerprint density at radius 1 is 1.57 bits per heavy atom. The van der Waals surface area contributed by atoms with Crippen molar-refractivity contribution in [3.05, 3.63) is 0 Å². The van der Waals surface area contributed by atoms with Crippen LogP contribution in [0.3, 0.4) is 0 Å². The molecule has 0 amide bonds. The Morgan fingerprint density at radius 3 is 2.86 bits per heavy atom. The van der Waals surface area contributed by atoms with Crippen molar-refractivity contribution in [2.45, 2.75) is 19.8 Å². The maximum Gasteiger partial charge on any atom is 0.319 e. The minimum absolute atomic E-state index is 0.450. The quantitative estimate of drug-likeness (QED) is 0.591. The van der Waals surface area contributed by atoms with Crippen molar-refractivity contribution in [2.24, 2.45) is 5.92 Å². The van der Waals surface area contributed by atoms with E-state index in [0.717, 1.165) is 19.6 Å². The molecule has 1 unspecified atom stereocenters. The molecule has 0 radical (unpaired) electrons. The number of rotatable bonds is 4. The van der Waals surface area contributed by atoms with E-state index in [4.69, 9.17) is 4.55 Å². The lowest BCUT2D eigenvalue weighted by atomic mass is 10.0. The lowest BCUT2D eigenvalue weighted by Crippen LogP contribution is -2.35. The Morgan fingerprint density at radius 2 is 2.29 bits per heavy atom. The number of hydrogen-bond acceptors (Lipinski definition) is 4. The fourth-order valence-corrected chi connectivity index (χ4v) is 3.16. The molecular formula is C8H17NO3S2. The first kappa shape index (κ1) is 12.3.